The van der Waals surface area contributed by atoms with Crippen molar-refractivity contribution in [3.8, 4) is 0 Å². The summed E-state index contributed by atoms with van der Waals surface area (Å²) in [4.78, 5) is 12.3. The number of carboxylic acid groups (broad SMARTS) is 1. The Balaban J connectivity index is 0. The maximum Gasteiger partial charge on any atom is 0.330 e. The van der Waals surface area contributed by atoms with Crippen LogP contribution in [0, 0.1) is 0 Å². The average Bonchev–Trinajstić information content (AvgIpc) is 1.90. The lowest BCUT2D eigenvalue weighted by Crippen LogP contribution is -1.92. The molecule has 64 valence electrons. The number of carbonyl (C=O) groups is 1. The number of rotatable bonds is 3. The van der Waals surface area contributed by atoms with Crippen molar-refractivity contribution in [3.63, 3.8) is 0 Å². The second kappa shape index (κ2) is 10.1. The summed E-state index contributed by atoms with van der Waals surface area (Å²) < 4.78 is 3.56. The first kappa shape index (κ1) is 13.7. The van der Waals surface area contributed by atoms with E-state index < -0.39 is 5.97 Å². The van der Waals surface area contributed by atoms with E-state index in [9.17, 15) is 4.79 Å². The average molecular weight is 212 g/mol. The standard InChI is InChI=1S/C4H6O2.H5N2P3/c1-3(2)4(5)6;3-1-5-2-4/h1H2,2H3,(H,5,6);1,4-5H,3H2. The topological polar surface area (TPSA) is 61.7 Å². The van der Waals surface area contributed by atoms with E-state index in [1.807, 2.05) is 0 Å². The van der Waals surface area contributed by atoms with Crippen molar-refractivity contribution in [3.05, 3.63) is 12.2 Å². The minimum atomic E-state index is -0.935. The molecule has 7 heteroatoms. The van der Waals surface area contributed by atoms with Gasteiger partial charge in [0.15, 0.2) is 0 Å². The lowest BCUT2D eigenvalue weighted by Gasteiger charge is -1.79. The van der Waals surface area contributed by atoms with Crippen molar-refractivity contribution in [2.45, 2.75) is 6.92 Å². The van der Waals surface area contributed by atoms with E-state index in [-0.39, 0.29) is 5.57 Å². The van der Waals surface area contributed by atoms with Gasteiger partial charge < -0.3 is 5.11 Å². The highest BCUT2D eigenvalue weighted by atomic mass is 31.1. The van der Waals surface area contributed by atoms with Crippen LogP contribution in [0.1, 0.15) is 6.92 Å². The molecule has 0 aromatic rings. The van der Waals surface area contributed by atoms with Gasteiger partial charge in [0.2, 0.25) is 0 Å². The van der Waals surface area contributed by atoms with Gasteiger partial charge in [-0.25, -0.2) is 9.31 Å². The van der Waals surface area contributed by atoms with Crippen LogP contribution in [0.3, 0.4) is 0 Å². The van der Waals surface area contributed by atoms with Crippen molar-refractivity contribution in [1.82, 2.24) is 4.86 Å². The molecule has 0 amide bonds. The predicted molar refractivity (Wildman–Crippen MR) is 54.4 cm³/mol. The Hall–Kier alpha value is 0.130. The molecule has 2 atom stereocenters. The van der Waals surface area contributed by atoms with E-state index in [1.165, 1.54) is 6.92 Å². The summed E-state index contributed by atoms with van der Waals surface area (Å²) in [6, 6.07) is 0. The summed E-state index contributed by atoms with van der Waals surface area (Å²) in [7, 11) is 5.70. The van der Waals surface area contributed by atoms with Crippen LogP contribution >= 0.6 is 27.3 Å². The minimum Gasteiger partial charge on any atom is -0.478 e. The fourth-order valence-electron chi connectivity index (χ4n) is 0.0323. The second-order valence-electron chi connectivity index (χ2n) is 1.45. The lowest BCUT2D eigenvalue weighted by atomic mass is 10.4. The van der Waals surface area contributed by atoms with Crippen LogP contribution in [0.15, 0.2) is 16.7 Å². The van der Waals surface area contributed by atoms with Crippen LogP contribution in [0.5, 0.6) is 0 Å². The molecular weight excluding hydrogens is 201 g/mol. The molecule has 0 aliphatic heterocycles. The summed E-state index contributed by atoms with van der Waals surface area (Å²) in [6.45, 7) is 4.60. The molecule has 0 rings (SSSR count). The summed E-state index contributed by atoms with van der Waals surface area (Å²) in [5.74, 6) is -0.935. The van der Waals surface area contributed by atoms with Crippen molar-refractivity contribution in [2.24, 2.45) is 4.52 Å². The number of nitrogens with zero attached hydrogens (tertiary/aromatic N) is 1. The number of carboxylic acids is 1. The van der Waals surface area contributed by atoms with E-state index in [1.54, 1.807) is 0 Å². The van der Waals surface area contributed by atoms with Gasteiger partial charge >= 0.3 is 5.97 Å². The normalized spacial score (nSPS) is 8.55. The number of hydrogen-bond donors (Lipinski definition) is 2. The van der Waals surface area contributed by atoms with Gasteiger partial charge in [0, 0.05) is 5.57 Å². The van der Waals surface area contributed by atoms with Crippen molar-refractivity contribution >= 4 is 33.3 Å². The van der Waals surface area contributed by atoms with Crippen LogP contribution in [0.4, 0.5) is 0 Å². The van der Waals surface area contributed by atoms with Crippen molar-refractivity contribution in [1.29, 1.82) is 0 Å². The van der Waals surface area contributed by atoms with E-state index in [4.69, 9.17) is 5.11 Å². The highest BCUT2D eigenvalue weighted by Gasteiger charge is 1.90. The number of hydrogen-bond acceptors (Lipinski definition) is 3. The molecule has 2 unspecified atom stereocenters. The van der Waals surface area contributed by atoms with Gasteiger partial charge in [-0.05, 0) is 16.0 Å². The van der Waals surface area contributed by atoms with E-state index in [2.05, 4.69) is 34.4 Å². The molecule has 0 aliphatic carbocycles. The van der Waals surface area contributed by atoms with E-state index in [0.29, 0.717) is 8.88 Å². The van der Waals surface area contributed by atoms with Gasteiger partial charge in [-0.3, -0.25) is 4.86 Å². The molecule has 0 aromatic carbocycles. The molecule has 0 saturated heterocycles. The Morgan fingerprint density at radius 2 is 2.27 bits per heavy atom. The Kier molecular flexibility index (Phi) is 12.6. The van der Waals surface area contributed by atoms with Crippen LogP contribution < -0.4 is 4.86 Å². The third-order valence-corrected chi connectivity index (χ3v) is 1.45. The molecule has 0 saturated carbocycles. The Morgan fingerprint density at radius 3 is 2.27 bits per heavy atom. The highest BCUT2D eigenvalue weighted by molar-refractivity contribution is 7.46. The van der Waals surface area contributed by atoms with Gasteiger partial charge in [0.1, 0.15) is 0 Å². The zero-order chi connectivity index (χ0) is 9.28. The molecule has 4 nitrogen and oxygen atoms in total. The van der Waals surface area contributed by atoms with Crippen molar-refractivity contribution < 1.29 is 9.90 Å². The Morgan fingerprint density at radius 1 is 1.91 bits per heavy atom. The van der Waals surface area contributed by atoms with Crippen LogP contribution in [-0.2, 0) is 4.79 Å². The molecule has 0 aromatic heterocycles. The molecule has 2 N–H and O–H groups in total. The fourth-order valence-corrected chi connectivity index (χ4v) is 0.871. The third kappa shape index (κ3) is 17.8. The molecule has 0 spiro atoms. The SMILES string of the molecule is C=C(C)C(=O)O.P=NPNP. The summed E-state index contributed by atoms with van der Waals surface area (Å²) in [6.07, 6.45) is 0. The summed E-state index contributed by atoms with van der Waals surface area (Å²) >= 11 is 0. The monoisotopic (exact) mass is 212 g/mol. The smallest absolute Gasteiger partial charge is 0.330 e. The zero-order valence-corrected chi connectivity index (χ0v) is 9.24. The molecule has 0 bridgehead atoms. The Labute approximate surface area is 72.3 Å². The van der Waals surface area contributed by atoms with Crippen molar-refractivity contribution in [2.75, 3.05) is 0 Å². The largest absolute Gasteiger partial charge is 0.478 e. The predicted octanol–water partition coefficient (Wildman–Crippen LogP) is 1.85. The van der Waals surface area contributed by atoms with Crippen LogP contribution in [-0.4, -0.2) is 11.1 Å². The zero-order valence-electron chi connectivity index (χ0n) is 6.09. The highest BCUT2D eigenvalue weighted by Crippen LogP contribution is 2.06. The Bertz CT molecular complexity index is 138. The van der Waals surface area contributed by atoms with Gasteiger partial charge in [-0.15, -0.1) is 0 Å². The van der Waals surface area contributed by atoms with Gasteiger partial charge in [0.25, 0.3) is 0 Å². The molecule has 11 heavy (non-hydrogen) atoms. The number of aliphatic carboxylic acids is 1. The summed E-state index contributed by atoms with van der Waals surface area (Å²) in [5, 5.41) is 7.89. The quantitative estimate of drug-likeness (QED) is 0.554. The summed E-state index contributed by atoms with van der Waals surface area (Å²) in [5.41, 5.74) is 0.176. The van der Waals surface area contributed by atoms with Gasteiger partial charge in [0.05, 0.1) is 8.88 Å². The maximum atomic E-state index is 9.60. The number of nitrogens with one attached hydrogen (secondary N) is 1. The molecule has 0 heterocycles. The van der Waals surface area contributed by atoms with E-state index >= 15 is 0 Å². The molecular formula is C4H11N2O2P3. The second-order valence-corrected chi connectivity index (χ2v) is 3.73. The molecule has 0 radical (unpaired) electrons. The third-order valence-electron chi connectivity index (χ3n) is 0.486. The van der Waals surface area contributed by atoms with Gasteiger partial charge in [-0.2, -0.15) is 0 Å². The first-order chi connectivity index (χ1) is 5.06. The minimum absolute atomic E-state index is 0.176. The van der Waals surface area contributed by atoms with Crippen LogP contribution in [0.2, 0.25) is 0 Å². The van der Waals surface area contributed by atoms with Crippen LogP contribution in [0.25, 0.3) is 0 Å². The van der Waals surface area contributed by atoms with E-state index in [0.717, 1.165) is 0 Å². The first-order valence-electron chi connectivity index (χ1n) is 2.52. The lowest BCUT2D eigenvalue weighted by molar-refractivity contribution is -0.132. The molecule has 0 fully saturated rings. The fraction of sp³-hybridized carbons (Fsp3) is 0.250. The maximum absolute atomic E-state index is 9.60. The molecule has 0 aliphatic rings. The first-order valence-corrected chi connectivity index (χ1v) is 4.49. The van der Waals surface area contributed by atoms with Gasteiger partial charge in [-0.1, -0.05) is 16.0 Å².